The van der Waals surface area contributed by atoms with Gasteiger partial charge >= 0.3 is 0 Å². The van der Waals surface area contributed by atoms with E-state index in [0.717, 1.165) is 78.9 Å². The monoisotopic (exact) mass is 498 g/mol. The van der Waals surface area contributed by atoms with Crippen molar-refractivity contribution >= 4 is 28.8 Å². The molecule has 2 aliphatic rings. The molecule has 3 heterocycles. The molecule has 6 nitrogen and oxygen atoms in total. The van der Waals surface area contributed by atoms with Crippen LogP contribution in [0.15, 0.2) is 35.7 Å². The summed E-state index contributed by atoms with van der Waals surface area (Å²) in [6.45, 7) is 6.94. The summed E-state index contributed by atoms with van der Waals surface area (Å²) in [7, 11) is 0. The third-order valence-electron chi connectivity index (χ3n) is 6.91. The molecule has 0 spiro atoms. The molecule has 0 radical (unpaired) electrons. The number of hydrogen-bond donors (Lipinski definition) is 1. The molecule has 1 aromatic carbocycles. The minimum absolute atomic E-state index is 0.00897. The number of morpholine rings is 1. The minimum Gasteiger partial charge on any atom is -0.379 e. The lowest BCUT2D eigenvalue weighted by Gasteiger charge is -2.26. The Balaban J connectivity index is 1.40. The third kappa shape index (κ3) is 4.93. The molecule has 1 N–H and O–H groups in total. The highest BCUT2D eigenvalue weighted by Crippen LogP contribution is 2.39. The lowest BCUT2D eigenvalue weighted by molar-refractivity contribution is 0.0383. The van der Waals surface area contributed by atoms with Crippen molar-refractivity contribution in [3.05, 3.63) is 52.0 Å². The van der Waals surface area contributed by atoms with Crippen LogP contribution in [0.5, 0.6) is 0 Å². The predicted octanol–water partition coefficient (Wildman–Crippen LogP) is 5.42. The zero-order chi connectivity index (χ0) is 23.5. The van der Waals surface area contributed by atoms with E-state index in [9.17, 15) is 4.79 Å². The van der Waals surface area contributed by atoms with Crippen molar-refractivity contribution in [3.8, 4) is 22.0 Å². The van der Waals surface area contributed by atoms with Crippen LogP contribution in [0.2, 0.25) is 5.02 Å². The second-order valence-electron chi connectivity index (χ2n) is 9.06. The van der Waals surface area contributed by atoms with Gasteiger partial charge in [0.05, 0.1) is 35.2 Å². The summed E-state index contributed by atoms with van der Waals surface area (Å²) in [5, 5.41) is 6.82. The van der Waals surface area contributed by atoms with E-state index in [1.54, 1.807) is 11.3 Å². The van der Waals surface area contributed by atoms with Crippen molar-refractivity contribution < 1.29 is 9.53 Å². The zero-order valence-electron chi connectivity index (χ0n) is 19.6. The number of hydrogen-bond acceptors (Lipinski definition) is 5. The van der Waals surface area contributed by atoms with E-state index in [1.165, 1.54) is 12.8 Å². The molecule has 0 atom stereocenters. The van der Waals surface area contributed by atoms with Crippen LogP contribution in [0.4, 0.5) is 0 Å². The van der Waals surface area contributed by atoms with Gasteiger partial charge in [-0.25, -0.2) is 4.98 Å². The molecule has 1 saturated heterocycles. The number of aromatic nitrogens is 2. The van der Waals surface area contributed by atoms with E-state index in [2.05, 4.69) is 27.1 Å². The first kappa shape index (κ1) is 23.5. The van der Waals surface area contributed by atoms with Gasteiger partial charge in [-0.3, -0.25) is 9.69 Å². The average Bonchev–Trinajstić information content (AvgIpc) is 3.60. The van der Waals surface area contributed by atoms with Crippen LogP contribution in [-0.4, -0.2) is 59.8 Å². The van der Waals surface area contributed by atoms with Gasteiger partial charge in [0, 0.05) is 48.9 Å². The first-order valence-corrected chi connectivity index (χ1v) is 13.4. The van der Waals surface area contributed by atoms with E-state index in [1.807, 2.05) is 30.3 Å². The van der Waals surface area contributed by atoms with E-state index in [4.69, 9.17) is 21.3 Å². The standard InChI is InChI=1S/C26H31ClN4O2S/c1-18-21(25(32)28-10-11-30-12-14-33-15-13-30)16-24(31(18)19-6-2-3-7-19)23-17-34-26(29-23)20-8-4-5-9-22(20)27/h4-5,8-9,16-17,19H,2-3,6-7,10-15H2,1H3,(H,28,32). The number of rotatable bonds is 7. The second kappa shape index (κ2) is 10.6. The van der Waals surface area contributed by atoms with Crippen molar-refractivity contribution in [2.45, 2.75) is 38.6 Å². The SMILES string of the molecule is Cc1c(C(=O)NCCN2CCOCC2)cc(-c2csc(-c3ccccc3Cl)n2)n1C1CCCC1. The number of carbonyl (C=O) groups excluding carboxylic acids is 1. The van der Waals surface area contributed by atoms with Crippen molar-refractivity contribution in [1.82, 2.24) is 19.8 Å². The van der Waals surface area contributed by atoms with Gasteiger partial charge in [0.2, 0.25) is 0 Å². The molecule has 3 aromatic rings. The van der Waals surface area contributed by atoms with Crippen LogP contribution in [-0.2, 0) is 4.74 Å². The molecule has 1 amide bonds. The Bertz CT molecular complexity index is 1150. The first-order valence-electron chi connectivity index (χ1n) is 12.1. The molecule has 180 valence electrons. The molecular formula is C26H31ClN4O2S. The smallest absolute Gasteiger partial charge is 0.253 e. The Morgan fingerprint density at radius 2 is 2.00 bits per heavy atom. The van der Waals surface area contributed by atoms with Crippen LogP contribution < -0.4 is 5.32 Å². The molecule has 2 aromatic heterocycles. The molecule has 8 heteroatoms. The van der Waals surface area contributed by atoms with Crippen molar-refractivity contribution in [1.29, 1.82) is 0 Å². The maximum Gasteiger partial charge on any atom is 0.253 e. The maximum atomic E-state index is 13.2. The number of nitrogens with zero attached hydrogens (tertiary/aromatic N) is 3. The number of halogens is 1. The topological polar surface area (TPSA) is 59.4 Å². The number of benzene rings is 1. The zero-order valence-corrected chi connectivity index (χ0v) is 21.1. The van der Waals surface area contributed by atoms with Gasteiger partial charge in [0.25, 0.3) is 5.91 Å². The predicted molar refractivity (Wildman–Crippen MR) is 138 cm³/mol. The number of amides is 1. The van der Waals surface area contributed by atoms with Gasteiger partial charge in [-0.15, -0.1) is 11.3 Å². The third-order valence-corrected chi connectivity index (χ3v) is 8.12. The van der Waals surface area contributed by atoms with Gasteiger partial charge < -0.3 is 14.6 Å². The fourth-order valence-corrected chi connectivity index (χ4v) is 6.21. The van der Waals surface area contributed by atoms with Crippen molar-refractivity contribution in [2.24, 2.45) is 0 Å². The fraction of sp³-hybridized carbons (Fsp3) is 0.462. The number of thiazole rings is 1. The molecule has 0 unspecified atom stereocenters. The summed E-state index contributed by atoms with van der Waals surface area (Å²) >= 11 is 8.01. The minimum atomic E-state index is -0.00897. The number of carbonyl (C=O) groups is 1. The fourth-order valence-electron chi connectivity index (χ4n) is 5.08. The second-order valence-corrected chi connectivity index (χ2v) is 10.3. The molecule has 1 aliphatic carbocycles. The molecule has 1 saturated carbocycles. The Morgan fingerprint density at radius 3 is 2.76 bits per heavy atom. The molecule has 0 bridgehead atoms. The summed E-state index contributed by atoms with van der Waals surface area (Å²) in [4.78, 5) is 20.5. The highest BCUT2D eigenvalue weighted by atomic mass is 35.5. The molecule has 5 rings (SSSR count). The highest BCUT2D eigenvalue weighted by Gasteiger charge is 2.27. The summed E-state index contributed by atoms with van der Waals surface area (Å²) in [5.41, 5.74) is 4.64. The van der Waals surface area contributed by atoms with Gasteiger partial charge in [-0.05, 0) is 31.9 Å². The summed E-state index contributed by atoms with van der Waals surface area (Å²) in [5.74, 6) is -0.00897. The Kier molecular flexibility index (Phi) is 7.34. The van der Waals surface area contributed by atoms with E-state index in [-0.39, 0.29) is 5.91 Å². The Labute approximate surface area is 209 Å². The first-order chi connectivity index (χ1) is 16.6. The average molecular weight is 499 g/mol. The summed E-state index contributed by atoms with van der Waals surface area (Å²) in [6, 6.07) is 10.2. The largest absolute Gasteiger partial charge is 0.379 e. The van der Waals surface area contributed by atoms with E-state index in [0.29, 0.717) is 17.6 Å². The van der Waals surface area contributed by atoms with E-state index < -0.39 is 0 Å². The molecule has 1 aliphatic heterocycles. The molecule has 2 fully saturated rings. The van der Waals surface area contributed by atoms with E-state index >= 15 is 0 Å². The lowest BCUT2D eigenvalue weighted by atomic mass is 10.2. The van der Waals surface area contributed by atoms with Crippen molar-refractivity contribution in [2.75, 3.05) is 39.4 Å². The van der Waals surface area contributed by atoms with Crippen LogP contribution in [0.1, 0.15) is 47.8 Å². The normalized spacial score (nSPS) is 17.4. The molecule has 34 heavy (non-hydrogen) atoms. The van der Waals surface area contributed by atoms with Crippen LogP contribution in [0.25, 0.3) is 22.0 Å². The Hall–Kier alpha value is -2.19. The van der Waals surface area contributed by atoms with Crippen LogP contribution >= 0.6 is 22.9 Å². The summed E-state index contributed by atoms with van der Waals surface area (Å²) < 4.78 is 7.77. The quantitative estimate of drug-likeness (QED) is 0.472. The summed E-state index contributed by atoms with van der Waals surface area (Å²) in [6.07, 6.45) is 4.74. The number of ether oxygens (including phenoxy) is 1. The maximum absolute atomic E-state index is 13.2. The van der Waals surface area contributed by atoms with Gasteiger partial charge in [0.15, 0.2) is 0 Å². The van der Waals surface area contributed by atoms with Gasteiger partial charge in [0.1, 0.15) is 5.01 Å². The van der Waals surface area contributed by atoms with Crippen LogP contribution in [0.3, 0.4) is 0 Å². The van der Waals surface area contributed by atoms with Gasteiger partial charge in [-0.2, -0.15) is 0 Å². The highest BCUT2D eigenvalue weighted by molar-refractivity contribution is 7.13. The number of nitrogens with one attached hydrogen (secondary N) is 1. The Morgan fingerprint density at radius 1 is 1.24 bits per heavy atom. The van der Waals surface area contributed by atoms with Crippen LogP contribution in [0, 0.1) is 6.92 Å². The van der Waals surface area contributed by atoms with Gasteiger partial charge in [-0.1, -0.05) is 42.6 Å². The molecular weight excluding hydrogens is 468 g/mol. The lowest BCUT2D eigenvalue weighted by Crippen LogP contribution is -2.41. The van der Waals surface area contributed by atoms with Crippen molar-refractivity contribution in [3.63, 3.8) is 0 Å².